The molecule has 9 heteroatoms. The second-order valence-electron chi connectivity index (χ2n) is 5.72. The molecule has 0 atom stereocenters. The van der Waals surface area contributed by atoms with Gasteiger partial charge in [-0.1, -0.05) is 25.1 Å². The van der Waals surface area contributed by atoms with Crippen LogP contribution in [0.5, 0.6) is 0 Å². The van der Waals surface area contributed by atoms with E-state index in [4.69, 9.17) is 5.73 Å². The first-order chi connectivity index (χ1) is 13.0. The summed E-state index contributed by atoms with van der Waals surface area (Å²) in [6, 6.07) is 4.10. The van der Waals surface area contributed by atoms with Crippen molar-refractivity contribution >= 4 is 35.2 Å². The highest BCUT2D eigenvalue weighted by molar-refractivity contribution is 8.00. The van der Waals surface area contributed by atoms with Crippen LogP contribution in [0.1, 0.15) is 10.4 Å². The molecular weight excluding hydrogens is 369 g/mol. The van der Waals surface area contributed by atoms with Crippen LogP contribution in [0, 0.1) is 5.82 Å². The monoisotopic (exact) mass is 391 g/mol. The molecule has 27 heavy (non-hydrogen) atoms. The number of hydrogen-bond acceptors (Lipinski definition) is 6. The molecule has 144 valence electrons. The highest BCUT2D eigenvalue weighted by atomic mass is 32.2. The zero-order chi connectivity index (χ0) is 19.8. The first kappa shape index (κ1) is 20.7. The van der Waals surface area contributed by atoms with Crippen molar-refractivity contribution in [3.05, 3.63) is 55.0 Å². The minimum absolute atomic E-state index is 0.160. The number of nitrogens with zero attached hydrogens (tertiary/aromatic N) is 2. The lowest BCUT2D eigenvalue weighted by Crippen LogP contribution is -2.61. The van der Waals surface area contributed by atoms with Crippen LogP contribution in [0.2, 0.25) is 0 Å². The molecule has 1 aliphatic rings. The molecule has 0 saturated carbocycles. The van der Waals surface area contributed by atoms with Crippen molar-refractivity contribution < 1.29 is 14.0 Å². The van der Waals surface area contributed by atoms with Gasteiger partial charge in [-0.05, 0) is 24.3 Å². The first-order valence-electron chi connectivity index (χ1n) is 8.28. The Balaban J connectivity index is 1.88. The molecule has 4 N–H and O–H groups in total. The van der Waals surface area contributed by atoms with E-state index in [0.29, 0.717) is 31.1 Å². The molecule has 7 nitrogen and oxygen atoms in total. The van der Waals surface area contributed by atoms with Gasteiger partial charge in [0.1, 0.15) is 11.5 Å². The molecule has 0 bridgehead atoms. The molecule has 2 amide bonds. The summed E-state index contributed by atoms with van der Waals surface area (Å²) in [6.07, 6.45) is 2.59. The molecule has 0 aromatic heterocycles. The fourth-order valence-corrected chi connectivity index (χ4v) is 2.94. The summed E-state index contributed by atoms with van der Waals surface area (Å²) in [7, 11) is 0. The fourth-order valence-electron chi connectivity index (χ4n) is 2.40. The van der Waals surface area contributed by atoms with Crippen LogP contribution in [0.3, 0.4) is 0 Å². The standard InChI is InChI=1S/C18H22FN5O2S/c1-3-15(21-4-2)17(25)22-13-10-24(11-13)18(26)12-5-6-16(14(19)9-12)23-27-8-7-20/h3-6,9,13,23H,1-2,7-8,10-11,20H2,(H,22,25). The molecule has 1 aromatic carbocycles. The van der Waals surface area contributed by atoms with E-state index in [2.05, 4.69) is 28.2 Å². The maximum absolute atomic E-state index is 14.1. The van der Waals surface area contributed by atoms with E-state index >= 15 is 0 Å². The van der Waals surface area contributed by atoms with Crippen LogP contribution in [0.15, 0.2) is 48.6 Å². The lowest BCUT2D eigenvalue weighted by molar-refractivity contribution is -0.116. The quantitative estimate of drug-likeness (QED) is 0.337. The Morgan fingerprint density at radius 2 is 2.15 bits per heavy atom. The Bertz CT molecular complexity index is 762. The smallest absolute Gasteiger partial charge is 0.270 e. The van der Waals surface area contributed by atoms with Crippen molar-refractivity contribution in [2.45, 2.75) is 6.04 Å². The molecular formula is C18H22FN5O2S. The van der Waals surface area contributed by atoms with E-state index in [1.165, 1.54) is 41.3 Å². The van der Waals surface area contributed by atoms with Gasteiger partial charge in [-0.2, -0.15) is 0 Å². The Morgan fingerprint density at radius 1 is 1.41 bits per heavy atom. The Morgan fingerprint density at radius 3 is 2.74 bits per heavy atom. The van der Waals surface area contributed by atoms with E-state index in [1.807, 2.05) is 0 Å². The van der Waals surface area contributed by atoms with E-state index in [9.17, 15) is 14.0 Å². The Labute approximate surface area is 161 Å². The van der Waals surface area contributed by atoms with Crippen molar-refractivity contribution in [2.24, 2.45) is 10.7 Å². The summed E-state index contributed by atoms with van der Waals surface area (Å²) in [5, 5.41) is 2.76. The summed E-state index contributed by atoms with van der Waals surface area (Å²) in [6.45, 7) is 8.13. The van der Waals surface area contributed by atoms with E-state index < -0.39 is 5.82 Å². The molecule has 0 radical (unpaired) electrons. The third-order valence-corrected chi connectivity index (χ3v) is 4.58. The SMILES string of the molecule is C=CN=C(C=C)C(=O)NC1CN(C(=O)c2ccc(NSCCN)c(F)c2)C1. The Hall–Kier alpha value is -2.65. The highest BCUT2D eigenvalue weighted by Crippen LogP contribution is 2.21. The largest absolute Gasteiger partial charge is 0.344 e. The van der Waals surface area contributed by atoms with Gasteiger partial charge < -0.3 is 20.7 Å². The third-order valence-electron chi connectivity index (χ3n) is 3.78. The van der Waals surface area contributed by atoms with Crippen LogP contribution in [0.4, 0.5) is 10.1 Å². The second-order valence-corrected chi connectivity index (χ2v) is 6.62. The molecule has 1 saturated heterocycles. The van der Waals surface area contributed by atoms with Crippen molar-refractivity contribution in [3.8, 4) is 0 Å². The molecule has 0 spiro atoms. The maximum atomic E-state index is 14.1. The fraction of sp³-hybridized carbons (Fsp3) is 0.278. The van der Waals surface area contributed by atoms with Crippen molar-refractivity contribution in [2.75, 3.05) is 30.1 Å². The number of benzene rings is 1. The lowest BCUT2D eigenvalue weighted by atomic mass is 10.1. The van der Waals surface area contributed by atoms with Crippen molar-refractivity contribution in [1.82, 2.24) is 10.2 Å². The lowest BCUT2D eigenvalue weighted by Gasteiger charge is -2.39. The van der Waals surface area contributed by atoms with E-state index in [-0.39, 0.29) is 29.1 Å². The summed E-state index contributed by atoms with van der Waals surface area (Å²) < 4.78 is 17.0. The van der Waals surface area contributed by atoms with Gasteiger partial charge in [-0.25, -0.2) is 4.39 Å². The van der Waals surface area contributed by atoms with Gasteiger partial charge in [0.15, 0.2) is 0 Å². The number of nitrogens with one attached hydrogen (secondary N) is 2. The topological polar surface area (TPSA) is 99.8 Å². The normalized spacial score (nSPS) is 14.3. The number of nitrogens with two attached hydrogens (primary N) is 1. The predicted octanol–water partition coefficient (Wildman–Crippen LogP) is 1.56. The molecule has 2 rings (SSSR count). The average Bonchev–Trinajstić information content (AvgIpc) is 2.63. The number of carbonyl (C=O) groups excluding carboxylic acids is 2. The number of aliphatic imine (C=N–C) groups is 1. The zero-order valence-corrected chi connectivity index (χ0v) is 15.6. The van der Waals surface area contributed by atoms with Gasteiger partial charge >= 0.3 is 0 Å². The van der Waals surface area contributed by atoms with Crippen LogP contribution >= 0.6 is 11.9 Å². The van der Waals surface area contributed by atoms with Gasteiger partial charge in [0.05, 0.1) is 11.7 Å². The minimum atomic E-state index is -0.507. The summed E-state index contributed by atoms with van der Waals surface area (Å²) in [5.41, 5.74) is 6.10. The maximum Gasteiger partial charge on any atom is 0.270 e. The minimum Gasteiger partial charge on any atom is -0.344 e. The zero-order valence-electron chi connectivity index (χ0n) is 14.8. The predicted molar refractivity (Wildman–Crippen MR) is 107 cm³/mol. The van der Waals surface area contributed by atoms with Gasteiger partial charge in [-0.3, -0.25) is 14.6 Å². The van der Waals surface area contributed by atoms with Gasteiger partial charge in [0, 0.05) is 37.2 Å². The number of likely N-dealkylation sites (tertiary alicyclic amines) is 1. The Kier molecular flexibility index (Phi) is 7.56. The van der Waals surface area contributed by atoms with Crippen LogP contribution in [-0.2, 0) is 4.79 Å². The van der Waals surface area contributed by atoms with Crippen LogP contribution < -0.4 is 15.8 Å². The van der Waals surface area contributed by atoms with Crippen LogP contribution in [0.25, 0.3) is 0 Å². The van der Waals surface area contributed by atoms with E-state index in [1.54, 1.807) is 6.07 Å². The first-order valence-corrected chi connectivity index (χ1v) is 9.27. The van der Waals surface area contributed by atoms with Gasteiger partial charge in [-0.15, -0.1) is 0 Å². The van der Waals surface area contributed by atoms with Gasteiger partial charge in [0.2, 0.25) is 0 Å². The number of hydrogen-bond donors (Lipinski definition) is 3. The highest BCUT2D eigenvalue weighted by Gasteiger charge is 2.32. The van der Waals surface area contributed by atoms with E-state index in [0.717, 1.165) is 0 Å². The molecule has 0 unspecified atom stereocenters. The average molecular weight is 391 g/mol. The third kappa shape index (κ3) is 5.41. The number of carbonyl (C=O) groups is 2. The van der Waals surface area contributed by atoms with Crippen LogP contribution in [-0.4, -0.2) is 53.9 Å². The van der Waals surface area contributed by atoms with Crippen molar-refractivity contribution in [3.63, 3.8) is 0 Å². The molecule has 1 aliphatic heterocycles. The summed E-state index contributed by atoms with van der Waals surface area (Å²) in [5.74, 6) is -0.527. The number of anilines is 1. The second kappa shape index (κ2) is 9.89. The summed E-state index contributed by atoms with van der Waals surface area (Å²) >= 11 is 1.30. The number of amides is 2. The number of halogens is 1. The number of rotatable bonds is 9. The summed E-state index contributed by atoms with van der Waals surface area (Å²) in [4.78, 5) is 29.7. The van der Waals surface area contributed by atoms with Crippen molar-refractivity contribution in [1.29, 1.82) is 0 Å². The molecule has 1 heterocycles. The molecule has 0 aliphatic carbocycles. The van der Waals surface area contributed by atoms with Gasteiger partial charge in [0.25, 0.3) is 11.8 Å². The molecule has 1 fully saturated rings. The molecule has 1 aromatic rings.